The maximum atomic E-state index is 12.3. The Hall–Kier alpha value is -2.93. The normalized spacial score (nSPS) is 10.7. The third-order valence-electron chi connectivity index (χ3n) is 4.47. The van der Waals surface area contributed by atoms with E-state index in [1.807, 2.05) is 60.7 Å². The molecular formula is C24H18Cl2N4OS. The van der Waals surface area contributed by atoms with Gasteiger partial charge in [0.05, 0.1) is 0 Å². The molecule has 4 aromatic rings. The molecule has 32 heavy (non-hydrogen) atoms. The number of hydrogen-bond donors (Lipinski definition) is 1. The Balaban J connectivity index is 1.46. The number of amides is 1. The van der Waals surface area contributed by atoms with Gasteiger partial charge in [-0.05, 0) is 18.2 Å². The highest BCUT2D eigenvalue weighted by atomic mass is 35.5. The summed E-state index contributed by atoms with van der Waals surface area (Å²) in [6.07, 6.45) is 0.277. The summed E-state index contributed by atoms with van der Waals surface area (Å²) in [7, 11) is 0. The monoisotopic (exact) mass is 480 g/mol. The van der Waals surface area contributed by atoms with Crippen molar-refractivity contribution in [2.24, 2.45) is 0 Å². The molecule has 3 aromatic carbocycles. The number of hydrogen-bond acceptors (Lipinski definition) is 5. The van der Waals surface area contributed by atoms with E-state index in [4.69, 9.17) is 28.2 Å². The summed E-state index contributed by atoms with van der Waals surface area (Å²) in [5.41, 5.74) is 3.94. The summed E-state index contributed by atoms with van der Waals surface area (Å²) < 4.78 is 0. The van der Waals surface area contributed by atoms with E-state index in [-0.39, 0.29) is 12.3 Å². The lowest BCUT2D eigenvalue weighted by atomic mass is 10.0. The first-order valence-electron chi connectivity index (χ1n) is 9.83. The van der Waals surface area contributed by atoms with Crippen molar-refractivity contribution in [3.63, 3.8) is 0 Å². The Morgan fingerprint density at radius 2 is 1.41 bits per heavy atom. The van der Waals surface area contributed by atoms with Gasteiger partial charge in [0.25, 0.3) is 0 Å². The number of aromatic nitrogens is 3. The maximum absolute atomic E-state index is 12.3. The Morgan fingerprint density at radius 3 is 2.03 bits per heavy atom. The SMILES string of the molecule is O=C(CCSc1nnc(-c2ccccc2)c(-c2ccccc2)n1)Nc1cc(Cl)cc(Cl)c1. The summed E-state index contributed by atoms with van der Waals surface area (Å²) in [4.78, 5) is 17.0. The van der Waals surface area contributed by atoms with E-state index in [2.05, 4.69) is 15.5 Å². The molecule has 0 radical (unpaired) electrons. The van der Waals surface area contributed by atoms with Crippen LogP contribution in [0.2, 0.25) is 10.0 Å². The summed E-state index contributed by atoms with van der Waals surface area (Å²) in [6.45, 7) is 0. The van der Waals surface area contributed by atoms with Crippen LogP contribution in [0, 0.1) is 0 Å². The molecule has 0 saturated heterocycles. The fourth-order valence-corrected chi connectivity index (χ4v) is 4.29. The van der Waals surface area contributed by atoms with Gasteiger partial charge in [-0.25, -0.2) is 4.98 Å². The van der Waals surface area contributed by atoms with E-state index < -0.39 is 0 Å². The fraction of sp³-hybridized carbons (Fsp3) is 0.0833. The second-order valence-electron chi connectivity index (χ2n) is 6.83. The van der Waals surface area contributed by atoms with Gasteiger partial charge in [-0.2, -0.15) is 0 Å². The van der Waals surface area contributed by atoms with Crippen LogP contribution in [0.1, 0.15) is 6.42 Å². The quantitative estimate of drug-likeness (QED) is 0.300. The average molecular weight is 481 g/mol. The third kappa shape index (κ3) is 5.85. The standard InChI is InChI=1S/C24H18Cl2N4OS/c25-18-13-19(26)15-20(14-18)27-21(31)11-12-32-24-28-22(16-7-3-1-4-8-16)23(29-30-24)17-9-5-2-6-10-17/h1-10,13-15H,11-12H2,(H,27,31). The van der Waals surface area contributed by atoms with Crippen molar-refractivity contribution >= 4 is 46.6 Å². The Labute approximate surface area is 200 Å². The van der Waals surface area contributed by atoms with Gasteiger partial charge in [0, 0.05) is 39.0 Å². The lowest BCUT2D eigenvalue weighted by molar-refractivity contribution is -0.115. The molecule has 0 saturated carbocycles. The van der Waals surface area contributed by atoms with Crippen LogP contribution in [0.3, 0.4) is 0 Å². The minimum atomic E-state index is -0.145. The van der Waals surface area contributed by atoms with Crippen LogP contribution in [-0.4, -0.2) is 26.8 Å². The summed E-state index contributed by atoms with van der Waals surface area (Å²) in [5, 5.41) is 13.0. The molecule has 1 heterocycles. The number of anilines is 1. The Morgan fingerprint density at radius 1 is 0.812 bits per heavy atom. The van der Waals surface area contributed by atoms with Crippen molar-refractivity contribution in [2.45, 2.75) is 11.6 Å². The minimum Gasteiger partial charge on any atom is -0.326 e. The molecule has 160 valence electrons. The number of carbonyl (C=O) groups excluding carboxylic acids is 1. The molecule has 1 aromatic heterocycles. The molecule has 0 bridgehead atoms. The molecule has 0 unspecified atom stereocenters. The largest absolute Gasteiger partial charge is 0.326 e. The highest BCUT2D eigenvalue weighted by molar-refractivity contribution is 7.99. The third-order valence-corrected chi connectivity index (χ3v) is 5.74. The molecule has 0 spiro atoms. The van der Waals surface area contributed by atoms with Crippen LogP contribution in [0.15, 0.2) is 84.0 Å². The maximum Gasteiger partial charge on any atom is 0.225 e. The van der Waals surface area contributed by atoms with Crippen molar-refractivity contribution < 1.29 is 4.79 Å². The molecule has 1 amide bonds. The van der Waals surface area contributed by atoms with Gasteiger partial charge in [-0.15, -0.1) is 10.2 Å². The molecule has 0 fully saturated rings. The van der Waals surface area contributed by atoms with Crippen molar-refractivity contribution in [3.05, 3.63) is 88.9 Å². The van der Waals surface area contributed by atoms with Gasteiger partial charge in [-0.1, -0.05) is 95.6 Å². The second-order valence-corrected chi connectivity index (χ2v) is 8.76. The zero-order chi connectivity index (χ0) is 22.3. The smallest absolute Gasteiger partial charge is 0.225 e. The topological polar surface area (TPSA) is 67.8 Å². The lowest BCUT2D eigenvalue weighted by Crippen LogP contribution is -2.12. The van der Waals surface area contributed by atoms with Crippen LogP contribution >= 0.6 is 35.0 Å². The zero-order valence-corrected chi connectivity index (χ0v) is 19.2. The van der Waals surface area contributed by atoms with E-state index in [1.165, 1.54) is 11.8 Å². The van der Waals surface area contributed by atoms with E-state index in [9.17, 15) is 4.79 Å². The van der Waals surface area contributed by atoms with E-state index >= 15 is 0 Å². The summed E-state index contributed by atoms with van der Waals surface area (Å²) in [6, 6.07) is 24.6. The number of nitrogens with zero attached hydrogens (tertiary/aromatic N) is 3. The molecule has 4 rings (SSSR count). The number of benzene rings is 3. The molecule has 0 aliphatic heterocycles. The molecule has 0 atom stereocenters. The Kier molecular flexibility index (Phi) is 7.37. The zero-order valence-electron chi connectivity index (χ0n) is 16.8. The van der Waals surface area contributed by atoms with Crippen LogP contribution in [-0.2, 0) is 4.79 Å². The fourth-order valence-electron chi connectivity index (χ4n) is 3.04. The van der Waals surface area contributed by atoms with Gasteiger partial charge in [0.15, 0.2) is 0 Å². The van der Waals surface area contributed by atoms with Crippen molar-refractivity contribution in [2.75, 3.05) is 11.1 Å². The van der Waals surface area contributed by atoms with Crippen LogP contribution in [0.5, 0.6) is 0 Å². The molecule has 0 aliphatic carbocycles. The van der Waals surface area contributed by atoms with E-state index in [1.54, 1.807) is 18.2 Å². The summed E-state index contributed by atoms with van der Waals surface area (Å²) >= 11 is 13.3. The van der Waals surface area contributed by atoms with Gasteiger partial charge in [0.1, 0.15) is 11.4 Å². The highest BCUT2D eigenvalue weighted by Crippen LogP contribution is 2.30. The highest BCUT2D eigenvalue weighted by Gasteiger charge is 2.14. The van der Waals surface area contributed by atoms with Crippen LogP contribution in [0.4, 0.5) is 5.69 Å². The number of halogens is 2. The first-order chi connectivity index (χ1) is 15.6. The molecule has 0 aliphatic rings. The Bertz CT molecular complexity index is 1200. The molecule has 5 nitrogen and oxygen atoms in total. The number of carbonyl (C=O) groups is 1. The molecule has 1 N–H and O–H groups in total. The van der Waals surface area contributed by atoms with Gasteiger partial charge in [0.2, 0.25) is 11.1 Å². The lowest BCUT2D eigenvalue weighted by Gasteiger charge is -2.09. The van der Waals surface area contributed by atoms with Gasteiger partial charge < -0.3 is 5.32 Å². The molecule has 8 heteroatoms. The summed E-state index contributed by atoms with van der Waals surface area (Å²) in [5.74, 6) is 0.355. The van der Waals surface area contributed by atoms with Crippen molar-refractivity contribution in [1.29, 1.82) is 0 Å². The first kappa shape index (κ1) is 22.3. The number of rotatable bonds is 7. The van der Waals surface area contributed by atoms with Gasteiger partial charge >= 0.3 is 0 Å². The first-order valence-corrected chi connectivity index (χ1v) is 11.6. The minimum absolute atomic E-state index is 0.145. The number of thioether (sulfide) groups is 1. The van der Waals surface area contributed by atoms with Crippen molar-refractivity contribution in [1.82, 2.24) is 15.2 Å². The predicted octanol–water partition coefficient (Wildman–Crippen LogP) is 6.63. The average Bonchev–Trinajstić information content (AvgIpc) is 2.79. The van der Waals surface area contributed by atoms with E-state index in [0.717, 1.165) is 22.5 Å². The van der Waals surface area contributed by atoms with Crippen molar-refractivity contribution in [3.8, 4) is 22.5 Å². The second kappa shape index (κ2) is 10.6. The van der Waals surface area contributed by atoms with E-state index in [0.29, 0.717) is 26.6 Å². The van der Waals surface area contributed by atoms with Crippen LogP contribution in [0.25, 0.3) is 22.5 Å². The molecular weight excluding hydrogens is 463 g/mol. The van der Waals surface area contributed by atoms with Crippen LogP contribution < -0.4 is 5.32 Å². The predicted molar refractivity (Wildman–Crippen MR) is 131 cm³/mol. The van der Waals surface area contributed by atoms with Gasteiger partial charge in [-0.3, -0.25) is 4.79 Å². The number of nitrogens with one attached hydrogen (secondary N) is 1.